The van der Waals surface area contributed by atoms with Crippen molar-refractivity contribution in [3.8, 4) is 0 Å². The van der Waals surface area contributed by atoms with Gasteiger partial charge in [-0.25, -0.2) is 4.98 Å². The standard InChI is InChI=1S/C15H29N3/c1-4-6-8-9-10-14(3)18-13-12-17-15(18)16-11-7-5-2/h12-14H,4-11H2,1-3H3,(H,16,17). The average molecular weight is 251 g/mol. The van der Waals surface area contributed by atoms with Crippen LogP contribution in [0, 0.1) is 0 Å². The van der Waals surface area contributed by atoms with E-state index in [4.69, 9.17) is 0 Å². The molecule has 0 bridgehead atoms. The molecule has 0 aliphatic carbocycles. The molecule has 1 aromatic heterocycles. The molecular weight excluding hydrogens is 222 g/mol. The number of hydrogen-bond donors (Lipinski definition) is 1. The van der Waals surface area contributed by atoms with Crippen LogP contribution >= 0.6 is 0 Å². The van der Waals surface area contributed by atoms with Crippen LogP contribution in [-0.4, -0.2) is 16.1 Å². The van der Waals surface area contributed by atoms with E-state index in [0.29, 0.717) is 6.04 Å². The quantitative estimate of drug-likeness (QED) is 0.615. The summed E-state index contributed by atoms with van der Waals surface area (Å²) < 4.78 is 2.28. The fourth-order valence-corrected chi connectivity index (χ4v) is 2.19. The molecule has 0 saturated heterocycles. The summed E-state index contributed by atoms with van der Waals surface area (Å²) in [7, 11) is 0. The maximum absolute atomic E-state index is 4.41. The Morgan fingerprint density at radius 2 is 1.94 bits per heavy atom. The molecule has 1 heterocycles. The lowest BCUT2D eigenvalue weighted by molar-refractivity contribution is 0.475. The molecule has 1 unspecified atom stereocenters. The van der Waals surface area contributed by atoms with Gasteiger partial charge in [-0.15, -0.1) is 0 Å². The summed E-state index contributed by atoms with van der Waals surface area (Å²) in [4.78, 5) is 4.41. The van der Waals surface area contributed by atoms with Crippen LogP contribution in [0.15, 0.2) is 12.4 Å². The van der Waals surface area contributed by atoms with Crippen molar-refractivity contribution in [3.63, 3.8) is 0 Å². The Labute approximate surface area is 112 Å². The molecule has 1 N–H and O–H groups in total. The van der Waals surface area contributed by atoms with Gasteiger partial charge < -0.3 is 9.88 Å². The maximum atomic E-state index is 4.41. The Morgan fingerprint density at radius 3 is 2.67 bits per heavy atom. The van der Waals surface area contributed by atoms with E-state index in [-0.39, 0.29) is 0 Å². The second-order valence-corrected chi connectivity index (χ2v) is 5.14. The summed E-state index contributed by atoms with van der Waals surface area (Å²) in [5.74, 6) is 1.03. The number of nitrogens with zero attached hydrogens (tertiary/aromatic N) is 2. The molecule has 3 heteroatoms. The van der Waals surface area contributed by atoms with Crippen LogP contribution in [0.4, 0.5) is 5.95 Å². The molecule has 0 saturated carbocycles. The van der Waals surface area contributed by atoms with Crippen LogP contribution < -0.4 is 5.32 Å². The number of aromatic nitrogens is 2. The third-order valence-corrected chi connectivity index (χ3v) is 3.43. The van der Waals surface area contributed by atoms with Gasteiger partial charge in [0.2, 0.25) is 5.95 Å². The van der Waals surface area contributed by atoms with Crippen LogP contribution in [0.5, 0.6) is 0 Å². The Balaban J connectivity index is 2.36. The smallest absolute Gasteiger partial charge is 0.203 e. The maximum Gasteiger partial charge on any atom is 0.203 e. The first-order valence-corrected chi connectivity index (χ1v) is 7.56. The molecule has 1 atom stereocenters. The summed E-state index contributed by atoms with van der Waals surface area (Å²) in [6.45, 7) is 7.79. The number of anilines is 1. The average Bonchev–Trinajstić information content (AvgIpc) is 2.83. The Morgan fingerprint density at radius 1 is 1.17 bits per heavy atom. The highest BCUT2D eigenvalue weighted by molar-refractivity contribution is 5.26. The minimum Gasteiger partial charge on any atom is -0.356 e. The minimum atomic E-state index is 0.550. The number of unbranched alkanes of at least 4 members (excludes halogenated alkanes) is 4. The molecular formula is C15H29N3. The van der Waals surface area contributed by atoms with Gasteiger partial charge in [-0.1, -0.05) is 46.0 Å². The van der Waals surface area contributed by atoms with Crippen LogP contribution in [0.2, 0.25) is 0 Å². The second kappa shape index (κ2) is 9.01. The molecule has 18 heavy (non-hydrogen) atoms. The number of imidazole rings is 1. The van der Waals surface area contributed by atoms with Crippen LogP contribution in [-0.2, 0) is 0 Å². The van der Waals surface area contributed by atoms with Crippen LogP contribution in [0.3, 0.4) is 0 Å². The van der Waals surface area contributed by atoms with E-state index in [9.17, 15) is 0 Å². The van der Waals surface area contributed by atoms with Crippen molar-refractivity contribution in [2.24, 2.45) is 0 Å². The van der Waals surface area contributed by atoms with Gasteiger partial charge in [0.15, 0.2) is 0 Å². The SMILES string of the molecule is CCCCCCC(C)n1ccnc1NCCCC. The van der Waals surface area contributed by atoms with E-state index in [1.807, 2.05) is 6.20 Å². The van der Waals surface area contributed by atoms with E-state index >= 15 is 0 Å². The number of rotatable bonds is 10. The number of nitrogens with one attached hydrogen (secondary N) is 1. The van der Waals surface area contributed by atoms with Crippen molar-refractivity contribution in [2.45, 2.75) is 71.8 Å². The molecule has 0 aliphatic rings. The molecule has 0 aromatic carbocycles. The fourth-order valence-electron chi connectivity index (χ4n) is 2.19. The van der Waals surface area contributed by atoms with Crippen molar-refractivity contribution < 1.29 is 0 Å². The largest absolute Gasteiger partial charge is 0.356 e. The predicted molar refractivity (Wildman–Crippen MR) is 79.1 cm³/mol. The van der Waals surface area contributed by atoms with Crippen molar-refractivity contribution in [1.82, 2.24) is 9.55 Å². The van der Waals surface area contributed by atoms with E-state index in [1.165, 1.54) is 44.9 Å². The van der Waals surface area contributed by atoms with Gasteiger partial charge in [-0.05, 0) is 19.8 Å². The lowest BCUT2D eigenvalue weighted by Crippen LogP contribution is -2.11. The highest BCUT2D eigenvalue weighted by Crippen LogP contribution is 2.19. The molecule has 3 nitrogen and oxygen atoms in total. The first-order valence-electron chi connectivity index (χ1n) is 7.56. The highest BCUT2D eigenvalue weighted by atomic mass is 15.2. The lowest BCUT2D eigenvalue weighted by atomic mass is 10.1. The fraction of sp³-hybridized carbons (Fsp3) is 0.800. The zero-order valence-corrected chi connectivity index (χ0v) is 12.3. The monoisotopic (exact) mass is 251 g/mol. The Kier molecular flexibility index (Phi) is 7.54. The molecule has 104 valence electrons. The normalized spacial score (nSPS) is 12.6. The molecule has 1 aromatic rings. The summed E-state index contributed by atoms with van der Waals surface area (Å²) >= 11 is 0. The van der Waals surface area contributed by atoms with Gasteiger partial charge in [0.1, 0.15) is 0 Å². The van der Waals surface area contributed by atoms with Crippen molar-refractivity contribution in [1.29, 1.82) is 0 Å². The van der Waals surface area contributed by atoms with Crippen molar-refractivity contribution in [3.05, 3.63) is 12.4 Å². The summed E-state index contributed by atoms with van der Waals surface area (Å²) in [5.41, 5.74) is 0. The molecule has 0 spiro atoms. The number of hydrogen-bond acceptors (Lipinski definition) is 2. The lowest BCUT2D eigenvalue weighted by Gasteiger charge is -2.17. The molecule has 0 radical (unpaired) electrons. The molecule has 0 amide bonds. The topological polar surface area (TPSA) is 29.9 Å². The van der Waals surface area contributed by atoms with Gasteiger partial charge in [-0.2, -0.15) is 0 Å². The van der Waals surface area contributed by atoms with Gasteiger partial charge in [-0.3, -0.25) is 0 Å². The highest BCUT2D eigenvalue weighted by Gasteiger charge is 2.08. The zero-order chi connectivity index (χ0) is 13.2. The van der Waals surface area contributed by atoms with Gasteiger partial charge in [0, 0.05) is 25.0 Å². The van der Waals surface area contributed by atoms with E-state index in [0.717, 1.165) is 12.5 Å². The van der Waals surface area contributed by atoms with E-state index in [1.54, 1.807) is 0 Å². The summed E-state index contributed by atoms with van der Waals surface area (Å²) in [6.07, 6.45) is 13.0. The predicted octanol–water partition coefficient (Wildman–Crippen LogP) is 4.63. The Hall–Kier alpha value is -0.990. The molecule has 0 fully saturated rings. The molecule has 0 aliphatic heterocycles. The van der Waals surface area contributed by atoms with E-state index in [2.05, 4.69) is 41.8 Å². The third kappa shape index (κ3) is 5.11. The van der Waals surface area contributed by atoms with Gasteiger partial charge in [0.05, 0.1) is 0 Å². The minimum absolute atomic E-state index is 0.550. The van der Waals surface area contributed by atoms with Crippen LogP contribution in [0.25, 0.3) is 0 Å². The van der Waals surface area contributed by atoms with Gasteiger partial charge in [0.25, 0.3) is 0 Å². The third-order valence-electron chi connectivity index (χ3n) is 3.43. The second-order valence-electron chi connectivity index (χ2n) is 5.14. The van der Waals surface area contributed by atoms with Gasteiger partial charge >= 0.3 is 0 Å². The summed E-state index contributed by atoms with van der Waals surface area (Å²) in [6, 6.07) is 0.550. The summed E-state index contributed by atoms with van der Waals surface area (Å²) in [5, 5.41) is 3.43. The zero-order valence-electron chi connectivity index (χ0n) is 12.3. The van der Waals surface area contributed by atoms with Crippen LogP contribution in [0.1, 0.15) is 71.8 Å². The molecule has 1 rings (SSSR count). The first-order chi connectivity index (χ1) is 8.79. The van der Waals surface area contributed by atoms with Crippen molar-refractivity contribution >= 4 is 5.95 Å². The Bertz CT molecular complexity index is 306. The first kappa shape index (κ1) is 15.1. The van der Waals surface area contributed by atoms with Crippen molar-refractivity contribution in [2.75, 3.05) is 11.9 Å². The van der Waals surface area contributed by atoms with E-state index < -0.39 is 0 Å².